The van der Waals surface area contributed by atoms with Crippen molar-refractivity contribution in [2.75, 3.05) is 4.90 Å². The van der Waals surface area contributed by atoms with Gasteiger partial charge in [0, 0.05) is 11.5 Å². The molecule has 2 N–H and O–H groups in total. The summed E-state index contributed by atoms with van der Waals surface area (Å²) in [5.74, 6) is 3.79. The van der Waals surface area contributed by atoms with Gasteiger partial charge in [0.05, 0.1) is 22.2 Å². The largest absolute Gasteiger partial charge is 0.477 e. The molecule has 1 heterocycles. The van der Waals surface area contributed by atoms with Crippen LogP contribution in [0.1, 0.15) is 82.5 Å². The highest BCUT2D eigenvalue weighted by Gasteiger charge is 2.35. The zero-order valence-corrected chi connectivity index (χ0v) is 20.5. The molecule has 0 saturated heterocycles. The van der Waals surface area contributed by atoms with Crippen molar-refractivity contribution >= 4 is 28.9 Å². The number of anilines is 1. The van der Waals surface area contributed by atoms with Crippen molar-refractivity contribution in [2.45, 2.75) is 72.4 Å². The first-order valence-electron chi connectivity index (χ1n) is 11.1. The summed E-state index contributed by atoms with van der Waals surface area (Å²) in [6.45, 7) is 9.26. The Bertz CT molecular complexity index is 1130. The van der Waals surface area contributed by atoms with E-state index < -0.39 is 23.8 Å². The molecule has 0 unspecified atom stereocenters. The zero-order chi connectivity index (χ0) is 24.5. The number of carboxylic acid groups (broad SMARTS) is 1. The molecule has 1 saturated carbocycles. The molecule has 33 heavy (non-hydrogen) atoms. The minimum absolute atomic E-state index is 0.00285. The van der Waals surface area contributed by atoms with Gasteiger partial charge in [0.15, 0.2) is 0 Å². The van der Waals surface area contributed by atoms with E-state index in [1.54, 1.807) is 26.0 Å². The van der Waals surface area contributed by atoms with Gasteiger partial charge in [-0.3, -0.25) is 4.79 Å². The Kier molecular flexibility index (Phi) is 7.30. The molecule has 0 aliphatic heterocycles. The molecule has 1 aliphatic rings. The molecule has 0 radical (unpaired) electrons. The number of benzene rings is 1. The van der Waals surface area contributed by atoms with E-state index >= 15 is 4.39 Å². The van der Waals surface area contributed by atoms with Gasteiger partial charge < -0.3 is 15.1 Å². The number of hydrogen-bond donors (Lipinski definition) is 2. The highest BCUT2D eigenvalue weighted by atomic mass is 32.1. The van der Waals surface area contributed by atoms with Crippen molar-refractivity contribution in [1.29, 1.82) is 0 Å². The third-order valence-electron chi connectivity index (χ3n) is 5.86. The Balaban J connectivity index is 2.15. The second-order valence-corrected chi connectivity index (χ2v) is 10.7. The number of rotatable bonds is 4. The highest BCUT2D eigenvalue weighted by Crippen LogP contribution is 2.37. The number of carbonyl (C=O) groups is 2. The number of aromatic carboxylic acids is 1. The minimum atomic E-state index is -1.16. The summed E-state index contributed by atoms with van der Waals surface area (Å²) in [7, 11) is 0. The number of amides is 1. The molecule has 1 amide bonds. The quantitative estimate of drug-likeness (QED) is 0.573. The minimum Gasteiger partial charge on any atom is -0.477 e. The van der Waals surface area contributed by atoms with Crippen molar-refractivity contribution in [1.82, 2.24) is 0 Å². The maximum absolute atomic E-state index is 15.1. The van der Waals surface area contributed by atoms with Crippen molar-refractivity contribution in [3.8, 4) is 11.8 Å². The SMILES string of the molecule is Cc1ccc(C(=O)N(c2cc(C#CC(C)(C)C)sc2C(=O)O)C2CCC(O)CC2)c(F)c1C. The fourth-order valence-corrected chi connectivity index (χ4v) is 4.73. The summed E-state index contributed by atoms with van der Waals surface area (Å²) in [4.78, 5) is 27.8. The monoisotopic (exact) mass is 471 g/mol. The molecule has 0 bridgehead atoms. The van der Waals surface area contributed by atoms with Crippen LogP contribution in [-0.2, 0) is 0 Å². The van der Waals surface area contributed by atoms with Crippen LogP contribution in [0.15, 0.2) is 18.2 Å². The highest BCUT2D eigenvalue weighted by molar-refractivity contribution is 7.15. The smallest absolute Gasteiger partial charge is 0.348 e. The summed E-state index contributed by atoms with van der Waals surface area (Å²) in [5.41, 5.74) is 0.993. The van der Waals surface area contributed by atoms with E-state index in [1.807, 2.05) is 20.8 Å². The number of halogens is 1. The van der Waals surface area contributed by atoms with Gasteiger partial charge in [0.1, 0.15) is 10.7 Å². The first-order valence-corrected chi connectivity index (χ1v) is 11.9. The van der Waals surface area contributed by atoms with Crippen LogP contribution in [0.25, 0.3) is 0 Å². The lowest BCUT2D eigenvalue weighted by atomic mass is 9.91. The summed E-state index contributed by atoms with van der Waals surface area (Å²) in [5, 5.41) is 19.9. The molecule has 1 aromatic heterocycles. The number of aryl methyl sites for hydroxylation is 1. The first kappa shape index (κ1) is 24.9. The second-order valence-electron chi connectivity index (χ2n) is 9.64. The molecule has 5 nitrogen and oxygen atoms in total. The Labute approximate surface area is 198 Å². The van der Waals surface area contributed by atoms with Crippen LogP contribution in [0, 0.1) is 36.9 Å². The topological polar surface area (TPSA) is 77.8 Å². The fourth-order valence-electron chi connectivity index (χ4n) is 3.89. The molecule has 2 aromatic rings. The molecule has 3 rings (SSSR count). The Morgan fingerprint density at radius 1 is 1.15 bits per heavy atom. The van der Waals surface area contributed by atoms with Crippen LogP contribution in [0.4, 0.5) is 10.1 Å². The van der Waals surface area contributed by atoms with E-state index in [4.69, 9.17) is 0 Å². The Morgan fingerprint density at radius 2 is 1.79 bits per heavy atom. The lowest BCUT2D eigenvalue weighted by molar-refractivity contribution is 0.0702. The van der Waals surface area contributed by atoms with Crippen LogP contribution >= 0.6 is 11.3 Å². The van der Waals surface area contributed by atoms with Crippen LogP contribution < -0.4 is 4.90 Å². The van der Waals surface area contributed by atoms with Gasteiger partial charge in [-0.1, -0.05) is 17.9 Å². The van der Waals surface area contributed by atoms with Crippen LogP contribution in [-0.4, -0.2) is 34.2 Å². The predicted molar refractivity (Wildman–Crippen MR) is 129 cm³/mol. The number of aliphatic hydroxyl groups excluding tert-OH is 1. The number of carboxylic acids is 1. The summed E-state index contributed by atoms with van der Waals surface area (Å²) >= 11 is 1.01. The van der Waals surface area contributed by atoms with Gasteiger partial charge in [0.2, 0.25) is 0 Å². The van der Waals surface area contributed by atoms with E-state index in [0.717, 1.165) is 16.9 Å². The van der Waals surface area contributed by atoms with E-state index in [1.165, 1.54) is 11.0 Å². The molecule has 7 heteroatoms. The van der Waals surface area contributed by atoms with Crippen molar-refractivity contribution in [3.05, 3.63) is 50.5 Å². The van der Waals surface area contributed by atoms with Crippen LogP contribution in [0.3, 0.4) is 0 Å². The van der Waals surface area contributed by atoms with Gasteiger partial charge in [0.25, 0.3) is 5.91 Å². The number of hydrogen-bond acceptors (Lipinski definition) is 4. The zero-order valence-electron chi connectivity index (χ0n) is 19.7. The molecule has 1 fully saturated rings. The van der Waals surface area contributed by atoms with Crippen LogP contribution in [0.2, 0.25) is 0 Å². The average Bonchev–Trinajstić information content (AvgIpc) is 3.16. The summed E-state index contributed by atoms with van der Waals surface area (Å²) in [6, 6.07) is 4.42. The van der Waals surface area contributed by atoms with Gasteiger partial charge in [-0.15, -0.1) is 11.3 Å². The molecule has 1 aliphatic carbocycles. The van der Waals surface area contributed by atoms with E-state index in [0.29, 0.717) is 36.1 Å². The van der Waals surface area contributed by atoms with Crippen molar-refractivity contribution < 1.29 is 24.2 Å². The average molecular weight is 472 g/mol. The molecular weight excluding hydrogens is 441 g/mol. The first-order chi connectivity index (χ1) is 15.4. The van der Waals surface area contributed by atoms with Crippen molar-refractivity contribution in [2.24, 2.45) is 5.41 Å². The van der Waals surface area contributed by atoms with Gasteiger partial charge in [-0.2, -0.15) is 0 Å². The van der Waals surface area contributed by atoms with Gasteiger partial charge >= 0.3 is 5.97 Å². The number of thiophene rings is 1. The summed E-state index contributed by atoms with van der Waals surface area (Å²) in [6.07, 6.45) is 1.53. The fraction of sp³-hybridized carbons (Fsp3) is 0.462. The third kappa shape index (κ3) is 5.63. The molecule has 1 aromatic carbocycles. The number of aliphatic hydroxyl groups is 1. The maximum Gasteiger partial charge on any atom is 0.348 e. The van der Waals surface area contributed by atoms with Gasteiger partial charge in [-0.25, -0.2) is 9.18 Å². The lowest BCUT2D eigenvalue weighted by Gasteiger charge is -2.36. The van der Waals surface area contributed by atoms with E-state index in [9.17, 15) is 19.8 Å². The second kappa shape index (κ2) is 9.66. The molecule has 176 valence electrons. The third-order valence-corrected chi connectivity index (χ3v) is 6.89. The molecule has 0 atom stereocenters. The molecule has 0 spiro atoms. The number of carbonyl (C=O) groups excluding carboxylic acids is 1. The lowest BCUT2D eigenvalue weighted by Crippen LogP contribution is -2.44. The van der Waals surface area contributed by atoms with E-state index in [-0.39, 0.29) is 27.6 Å². The number of nitrogens with zero attached hydrogens (tertiary/aromatic N) is 1. The Hall–Kier alpha value is -2.69. The molecular formula is C26H30FNO4S. The predicted octanol–water partition coefficient (Wildman–Crippen LogP) is 5.55. The summed E-state index contributed by atoms with van der Waals surface area (Å²) < 4.78 is 15.1. The van der Waals surface area contributed by atoms with Crippen molar-refractivity contribution in [3.63, 3.8) is 0 Å². The van der Waals surface area contributed by atoms with Crippen LogP contribution in [0.5, 0.6) is 0 Å². The van der Waals surface area contributed by atoms with E-state index in [2.05, 4.69) is 11.8 Å². The standard InChI is InChI=1S/C26H30FNO4S/c1-15-6-11-20(22(27)16(15)2)24(30)28(17-7-9-18(29)10-8-17)21-14-19(12-13-26(3,4)5)33-23(21)25(31)32/h6,11,14,17-18,29H,7-10H2,1-5H3,(H,31,32). The maximum atomic E-state index is 15.1. The Morgan fingerprint density at radius 3 is 2.36 bits per heavy atom. The van der Waals surface area contributed by atoms with Gasteiger partial charge in [-0.05, 0) is 83.6 Å². The normalized spacial score (nSPS) is 18.4.